The molecule has 1 heterocycles. The predicted octanol–water partition coefficient (Wildman–Crippen LogP) is 2.20. The quantitative estimate of drug-likeness (QED) is 0.635. The number of nitro groups is 1. The first-order valence-corrected chi connectivity index (χ1v) is 5.65. The third-order valence-corrected chi connectivity index (χ3v) is 2.57. The highest BCUT2D eigenvalue weighted by atomic mass is 16.6. The van der Waals surface area contributed by atoms with Crippen molar-refractivity contribution in [2.75, 3.05) is 5.32 Å². The van der Waals surface area contributed by atoms with Crippen LogP contribution in [0.3, 0.4) is 0 Å². The minimum atomic E-state index is -1.35. The Labute approximate surface area is 113 Å². The van der Waals surface area contributed by atoms with Crippen molar-refractivity contribution in [3.63, 3.8) is 0 Å². The molecule has 1 aromatic heterocycles. The van der Waals surface area contributed by atoms with Crippen LogP contribution in [0.25, 0.3) is 0 Å². The number of hydrogen-bond acceptors (Lipinski definition) is 6. The van der Waals surface area contributed by atoms with Gasteiger partial charge < -0.3 is 14.9 Å². The second-order valence-electron chi connectivity index (χ2n) is 4.08. The van der Waals surface area contributed by atoms with Gasteiger partial charge in [0.15, 0.2) is 5.76 Å². The van der Waals surface area contributed by atoms with Crippen molar-refractivity contribution < 1.29 is 19.3 Å². The summed E-state index contributed by atoms with van der Waals surface area (Å²) in [4.78, 5) is 21.0. The topological polar surface area (TPSA) is 119 Å². The number of carboxylic acid groups (broad SMARTS) is 1. The zero-order chi connectivity index (χ0) is 14.7. The number of carbonyl (C=O) groups is 1. The molecule has 2 N–H and O–H groups in total. The van der Waals surface area contributed by atoms with Gasteiger partial charge in [-0.3, -0.25) is 10.1 Å². The zero-order valence-electron chi connectivity index (χ0n) is 10.5. The summed E-state index contributed by atoms with van der Waals surface area (Å²) in [5.74, 6) is -0.770. The van der Waals surface area contributed by atoms with Crippen LogP contribution in [0.4, 0.5) is 11.4 Å². The number of benzene rings is 1. The summed E-state index contributed by atoms with van der Waals surface area (Å²) < 4.78 is 4.99. The fourth-order valence-corrected chi connectivity index (χ4v) is 1.67. The molecule has 0 saturated carbocycles. The van der Waals surface area contributed by atoms with Crippen LogP contribution in [0, 0.1) is 17.0 Å². The second kappa shape index (κ2) is 5.39. The van der Waals surface area contributed by atoms with Crippen LogP contribution < -0.4 is 5.32 Å². The number of carboxylic acids is 1. The Balaban J connectivity index is 2.18. The van der Waals surface area contributed by atoms with E-state index >= 15 is 0 Å². The molecule has 0 radical (unpaired) electrons. The fourth-order valence-electron chi connectivity index (χ4n) is 1.67. The van der Waals surface area contributed by atoms with Crippen molar-refractivity contribution in [2.45, 2.75) is 13.5 Å². The molecule has 0 unspecified atom stereocenters. The van der Waals surface area contributed by atoms with Crippen molar-refractivity contribution in [1.29, 1.82) is 0 Å². The Kier molecular flexibility index (Phi) is 3.65. The van der Waals surface area contributed by atoms with Crippen LogP contribution in [0.2, 0.25) is 0 Å². The SMILES string of the molecule is Cc1cc(CNc2ccc([N+](=O)[O-])c(C(=O)O)c2)on1. The Morgan fingerprint density at radius 2 is 2.25 bits per heavy atom. The molecule has 1 aromatic carbocycles. The van der Waals surface area contributed by atoms with Gasteiger partial charge in [0, 0.05) is 17.8 Å². The van der Waals surface area contributed by atoms with Crippen LogP contribution in [0.15, 0.2) is 28.8 Å². The monoisotopic (exact) mass is 277 g/mol. The highest BCUT2D eigenvalue weighted by molar-refractivity contribution is 5.93. The van der Waals surface area contributed by atoms with Gasteiger partial charge in [-0.2, -0.15) is 0 Å². The minimum absolute atomic E-state index is 0.303. The summed E-state index contributed by atoms with van der Waals surface area (Å²) in [6.07, 6.45) is 0. The van der Waals surface area contributed by atoms with Crippen LogP contribution in [-0.4, -0.2) is 21.2 Å². The third kappa shape index (κ3) is 2.91. The third-order valence-electron chi connectivity index (χ3n) is 2.57. The molecular weight excluding hydrogens is 266 g/mol. The van der Waals surface area contributed by atoms with E-state index in [1.165, 1.54) is 12.1 Å². The van der Waals surface area contributed by atoms with E-state index < -0.39 is 16.6 Å². The van der Waals surface area contributed by atoms with Gasteiger partial charge in [0.2, 0.25) is 0 Å². The molecule has 8 heteroatoms. The molecule has 0 saturated heterocycles. The lowest BCUT2D eigenvalue weighted by Gasteiger charge is -2.05. The number of aromatic nitrogens is 1. The number of aryl methyl sites for hydroxylation is 1. The number of hydrogen-bond donors (Lipinski definition) is 2. The van der Waals surface area contributed by atoms with E-state index in [1.807, 2.05) is 0 Å². The van der Waals surface area contributed by atoms with Crippen molar-refractivity contribution in [1.82, 2.24) is 5.16 Å². The Bertz CT molecular complexity index is 665. The van der Waals surface area contributed by atoms with Gasteiger partial charge in [-0.15, -0.1) is 0 Å². The molecule has 2 aromatic rings. The standard InChI is InChI=1S/C12H11N3O5/c1-7-4-9(20-14-7)6-13-8-2-3-11(15(18)19)10(5-8)12(16)17/h2-5,13H,6H2,1H3,(H,16,17). The van der Waals surface area contributed by atoms with Gasteiger partial charge in [-0.1, -0.05) is 5.16 Å². The van der Waals surface area contributed by atoms with Gasteiger partial charge >= 0.3 is 5.97 Å². The lowest BCUT2D eigenvalue weighted by Crippen LogP contribution is -2.05. The molecule has 0 amide bonds. The Morgan fingerprint density at radius 1 is 1.50 bits per heavy atom. The average Bonchev–Trinajstić information content (AvgIpc) is 2.81. The summed E-state index contributed by atoms with van der Waals surface area (Å²) in [6.45, 7) is 2.08. The van der Waals surface area contributed by atoms with Crippen LogP contribution >= 0.6 is 0 Å². The van der Waals surface area contributed by atoms with Crippen LogP contribution in [-0.2, 0) is 6.54 Å². The zero-order valence-corrected chi connectivity index (χ0v) is 10.5. The molecule has 104 valence electrons. The molecular formula is C12H11N3O5. The summed E-state index contributed by atoms with van der Waals surface area (Å²) in [5.41, 5.74) is 0.367. The maximum absolute atomic E-state index is 11.0. The van der Waals surface area contributed by atoms with E-state index in [9.17, 15) is 14.9 Å². The van der Waals surface area contributed by atoms with Gasteiger partial charge in [-0.05, 0) is 19.1 Å². The van der Waals surface area contributed by atoms with Crippen molar-refractivity contribution in [3.05, 3.63) is 51.4 Å². The van der Waals surface area contributed by atoms with Gasteiger partial charge in [0.25, 0.3) is 5.69 Å². The predicted molar refractivity (Wildman–Crippen MR) is 68.6 cm³/mol. The first-order valence-electron chi connectivity index (χ1n) is 5.65. The average molecular weight is 277 g/mol. The maximum atomic E-state index is 11.0. The summed E-state index contributed by atoms with van der Waals surface area (Å²) in [5, 5.41) is 26.3. The van der Waals surface area contributed by atoms with E-state index in [4.69, 9.17) is 9.63 Å². The Morgan fingerprint density at radius 3 is 2.80 bits per heavy atom. The number of nitro benzene ring substituents is 1. The summed E-state index contributed by atoms with van der Waals surface area (Å²) in [6, 6.07) is 5.53. The smallest absolute Gasteiger partial charge is 0.342 e. The fraction of sp³-hybridized carbons (Fsp3) is 0.167. The van der Waals surface area contributed by atoms with Gasteiger partial charge in [-0.25, -0.2) is 4.79 Å². The van der Waals surface area contributed by atoms with E-state index in [0.29, 0.717) is 18.0 Å². The second-order valence-corrected chi connectivity index (χ2v) is 4.08. The number of rotatable bonds is 5. The molecule has 20 heavy (non-hydrogen) atoms. The number of aromatic carboxylic acids is 1. The van der Waals surface area contributed by atoms with E-state index in [2.05, 4.69) is 10.5 Å². The first-order chi connectivity index (χ1) is 9.47. The molecule has 0 bridgehead atoms. The van der Waals surface area contributed by atoms with Gasteiger partial charge in [0.05, 0.1) is 17.2 Å². The molecule has 0 aliphatic carbocycles. The number of anilines is 1. The normalized spacial score (nSPS) is 10.2. The molecule has 0 aliphatic rings. The molecule has 0 fully saturated rings. The van der Waals surface area contributed by atoms with E-state index in [0.717, 1.165) is 11.8 Å². The number of nitrogens with zero attached hydrogens (tertiary/aromatic N) is 2. The largest absolute Gasteiger partial charge is 0.477 e. The minimum Gasteiger partial charge on any atom is -0.477 e. The maximum Gasteiger partial charge on any atom is 0.342 e. The summed E-state index contributed by atoms with van der Waals surface area (Å²) >= 11 is 0. The van der Waals surface area contributed by atoms with Crippen LogP contribution in [0.5, 0.6) is 0 Å². The van der Waals surface area contributed by atoms with E-state index in [-0.39, 0.29) is 5.56 Å². The lowest BCUT2D eigenvalue weighted by molar-refractivity contribution is -0.385. The van der Waals surface area contributed by atoms with Crippen molar-refractivity contribution in [2.24, 2.45) is 0 Å². The van der Waals surface area contributed by atoms with Crippen molar-refractivity contribution in [3.8, 4) is 0 Å². The Hall–Kier alpha value is -2.90. The highest BCUT2D eigenvalue weighted by Gasteiger charge is 2.19. The van der Waals surface area contributed by atoms with Crippen LogP contribution in [0.1, 0.15) is 21.8 Å². The molecule has 0 spiro atoms. The molecule has 2 rings (SSSR count). The van der Waals surface area contributed by atoms with E-state index in [1.54, 1.807) is 13.0 Å². The molecule has 8 nitrogen and oxygen atoms in total. The molecule has 0 aliphatic heterocycles. The first kappa shape index (κ1) is 13.5. The summed E-state index contributed by atoms with van der Waals surface area (Å²) in [7, 11) is 0. The lowest BCUT2D eigenvalue weighted by atomic mass is 10.1. The van der Waals surface area contributed by atoms with Crippen molar-refractivity contribution >= 4 is 17.3 Å². The number of nitrogens with one attached hydrogen (secondary N) is 1. The highest BCUT2D eigenvalue weighted by Crippen LogP contribution is 2.23. The van der Waals surface area contributed by atoms with Gasteiger partial charge in [0.1, 0.15) is 5.56 Å². The molecule has 0 atom stereocenters.